The van der Waals surface area contributed by atoms with E-state index in [2.05, 4.69) is 42.0 Å². The molecular formula is C13H13BrN8O3. The highest BCUT2D eigenvalue weighted by molar-refractivity contribution is 9.10. The van der Waals surface area contributed by atoms with Crippen LogP contribution >= 0.6 is 15.9 Å². The van der Waals surface area contributed by atoms with Gasteiger partial charge in [-0.15, -0.1) is 0 Å². The Hall–Kier alpha value is -3.20. The third-order valence-corrected chi connectivity index (χ3v) is 3.38. The maximum absolute atomic E-state index is 11.7. The number of carbonyl (C=O) groups is 1. The number of nitrogens with one attached hydrogen (secondary N) is 1. The third kappa shape index (κ3) is 4.88. The fourth-order valence-electron chi connectivity index (χ4n) is 1.73. The number of benzene rings is 1. The van der Waals surface area contributed by atoms with E-state index < -0.39 is 5.91 Å². The van der Waals surface area contributed by atoms with Gasteiger partial charge in [-0.3, -0.25) is 4.79 Å². The van der Waals surface area contributed by atoms with E-state index in [0.717, 1.165) is 4.68 Å². The maximum atomic E-state index is 11.7. The molecule has 1 aromatic carbocycles. The van der Waals surface area contributed by atoms with E-state index in [0.29, 0.717) is 21.5 Å². The summed E-state index contributed by atoms with van der Waals surface area (Å²) >= 11 is 3.33. The summed E-state index contributed by atoms with van der Waals surface area (Å²) in [7, 11) is 1.47. The molecule has 0 saturated heterocycles. The number of amides is 1. The molecule has 0 radical (unpaired) electrons. The van der Waals surface area contributed by atoms with Crippen molar-refractivity contribution in [2.24, 2.45) is 5.10 Å². The first kappa shape index (κ1) is 18.1. The number of methoxy groups -OCH3 is 1. The third-order valence-electron chi connectivity index (χ3n) is 2.79. The molecule has 2 rings (SSSR count). The largest absolute Gasteiger partial charge is 0.493 e. The second-order valence-electron chi connectivity index (χ2n) is 4.47. The Balaban J connectivity index is 2.03. The lowest BCUT2D eigenvalue weighted by molar-refractivity contribution is -0.121. The zero-order chi connectivity index (χ0) is 18.2. The minimum atomic E-state index is -0.449. The summed E-state index contributed by atoms with van der Waals surface area (Å²) in [6.07, 6.45) is 1.42. The van der Waals surface area contributed by atoms with Crippen molar-refractivity contribution in [1.29, 1.82) is 5.26 Å². The van der Waals surface area contributed by atoms with Gasteiger partial charge in [0, 0.05) is 0 Å². The Morgan fingerprint density at radius 1 is 1.60 bits per heavy atom. The quantitative estimate of drug-likeness (QED) is 0.482. The average molecular weight is 409 g/mol. The first-order chi connectivity index (χ1) is 12.0. The molecule has 0 aliphatic heterocycles. The van der Waals surface area contributed by atoms with Crippen LogP contribution < -0.4 is 20.6 Å². The maximum Gasteiger partial charge on any atom is 0.261 e. The molecule has 0 unspecified atom stereocenters. The van der Waals surface area contributed by atoms with Crippen LogP contribution in [0.25, 0.3) is 0 Å². The van der Waals surface area contributed by atoms with E-state index in [-0.39, 0.29) is 19.1 Å². The Labute approximate surface area is 150 Å². The number of nitrogens with zero attached hydrogens (tertiary/aromatic N) is 6. The number of nitriles is 1. The van der Waals surface area contributed by atoms with Crippen LogP contribution in [0.5, 0.6) is 11.5 Å². The van der Waals surface area contributed by atoms with Crippen molar-refractivity contribution in [1.82, 2.24) is 25.6 Å². The topological polar surface area (TPSA) is 153 Å². The number of carbonyl (C=O) groups excluding carboxylic acids is 1. The number of ether oxygens (including phenoxy) is 2. The number of anilines is 1. The number of aromatic nitrogens is 4. The molecule has 12 heteroatoms. The minimum Gasteiger partial charge on any atom is -0.493 e. The predicted molar refractivity (Wildman–Crippen MR) is 89.8 cm³/mol. The molecule has 1 aromatic heterocycles. The van der Waals surface area contributed by atoms with E-state index in [1.807, 2.05) is 6.07 Å². The van der Waals surface area contributed by atoms with Gasteiger partial charge in [-0.25, -0.2) is 10.1 Å². The van der Waals surface area contributed by atoms with E-state index in [1.54, 1.807) is 12.1 Å². The average Bonchev–Trinajstić information content (AvgIpc) is 2.98. The highest BCUT2D eigenvalue weighted by Crippen LogP contribution is 2.36. The summed E-state index contributed by atoms with van der Waals surface area (Å²) in [5.74, 6) is 0.397. The van der Waals surface area contributed by atoms with Crippen molar-refractivity contribution in [3.8, 4) is 17.6 Å². The van der Waals surface area contributed by atoms with Crippen LogP contribution in [0.1, 0.15) is 5.56 Å². The number of halogens is 1. The Bertz CT molecular complexity index is 829. The Morgan fingerprint density at radius 3 is 3.04 bits per heavy atom. The van der Waals surface area contributed by atoms with Crippen molar-refractivity contribution in [2.45, 2.75) is 6.54 Å². The zero-order valence-corrected chi connectivity index (χ0v) is 14.6. The number of hydrogen-bond acceptors (Lipinski definition) is 9. The molecule has 0 atom stereocenters. The van der Waals surface area contributed by atoms with Gasteiger partial charge in [0.15, 0.2) is 18.1 Å². The molecule has 0 bridgehead atoms. The minimum absolute atomic E-state index is 0.0285. The zero-order valence-electron chi connectivity index (χ0n) is 13.0. The predicted octanol–water partition coefficient (Wildman–Crippen LogP) is 0.0791. The van der Waals surface area contributed by atoms with Crippen molar-refractivity contribution in [2.75, 3.05) is 19.5 Å². The van der Waals surface area contributed by atoms with E-state index >= 15 is 0 Å². The SMILES string of the molecule is COc1cc(/C=N\NC(=O)Cn2nnnc2N)cc(Br)c1OCC#N. The molecule has 0 fully saturated rings. The monoisotopic (exact) mass is 408 g/mol. The van der Waals surface area contributed by atoms with E-state index in [4.69, 9.17) is 20.5 Å². The molecule has 130 valence electrons. The van der Waals surface area contributed by atoms with Gasteiger partial charge in [-0.1, -0.05) is 5.10 Å². The van der Waals surface area contributed by atoms with Gasteiger partial charge in [0.05, 0.1) is 17.8 Å². The van der Waals surface area contributed by atoms with Gasteiger partial charge < -0.3 is 15.2 Å². The number of tetrazole rings is 1. The summed E-state index contributed by atoms with van der Waals surface area (Å²) in [5.41, 5.74) is 8.43. The lowest BCUT2D eigenvalue weighted by atomic mass is 10.2. The lowest BCUT2D eigenvalue weighted by Crippen LogP contribution is -2.24. The highest BCUT2D eigenvalue weighted by atomic mass is 79.9. The highest BCUT2D eigenvalue weighted by Gasteiger charge is 2.11. The Morgan fingerprint density at radius 2 is 2.40 bits per heavy atom. The summed E-state index contributed by atoms with van der Waals surface area (Å²) in [5, 5.41) is 22.8. The van der Waals surface area contributed by atoms with Gasteiger partial charge in [-0.05, 0) is 44.1 Å². The van der Waals surface area contributed by atoms with Gasteiger partial charge in [0.2, 0.25) is 5.95 Å². The van der Waals surface area contributed by atoms with Gasteiger partial charge in [-0.2, -0.15) is 10.4 Å². The van der Waals surface area contributed by atoms with Crippen molar-refractivity contribution >= 4 is 34.0 Å². The van der Waals surface area contributed by atoms with Crippen LogP contribution in [0.2, 0.25) is 0 Å². The van der Waals surface area contributed by atoms with Gasteiger partial charge in [0.25, 0.3) is 5.91 Å². The number of nitrogen functional groups attached to an aromatic ring is 1. The van der Waals surface area contributed by atoms with Crippen molar-refractivity contribution in [3.63, 3.8) is 0 Å². The Kier molecular flexibility index (Phi) is 6.24. The molecule has 25 heavy (non-hydrogen) atoms. The summed E-state index contributed by atoms with van der Waals surface area (Å²) < 4.78 is 12.2. The molecule has 2 aromatic rings. The lowest BCUT2D eigenvalue weighted by Gasteiger charge is -2.11. The molecule has 11 nitrogen and oxygen atoms in total. The fraction of sp³-hybridized carbons (Fsp3) is 0.231. The first-order valence-corrected chi connectivity index (χ1v) is 7.55. The van der Waals surface area contributed by atoms with Crippen LogP contribution in [-0.4, -0.2) is 46.0 Å². The van der Waals surface area contributed by atoms with Crippen molar-refractivity contribution in [3.05, 3.63) is 22.2 Å². The molecule has 1 heterocycles. The van der Waals surface area contributed by atoms with E-state index in [1.165, 1.54) is 13.3 Å². The van der Waals surface area contributed by atoms with E-state index in [9.17, 15) is 4.79 Å². The molecule has 0 aliphatic rings. The van der Waals surface area contributed by atoms with Crippen molar-refractivity contribution < 1.29 is 14.3 Å². The summed E-state index contributed by atoms with van der Waals surface area (Å²) in [6.45, 7) is -0.275. The molecule has 3 N–H and O–H groups in total. The molecule has 0 saturated carbocycles. The molecule has 0 spiro atoms. The summed E-state index contributed by atoms with van der Waals surface area (Å²) in [4.78, 5) is 11.7. The summed E-state index contributed by atoms with van der Waals surface area (Å²) in [6, 6.07) is 5.22. The number of rotatable bonds is 7. The fourth-order valence-corrected chi connectivity index (χ4v) is 2.31. The van der Waals surface area contributed by atoms with Gasteiger partial charge >= 0.3 is 0 Å². The standard InChI is InChI=1S/C13H13BrN8O3/c1-24-10-5-8(4-9(14)12(10)25-3-2-15)6-17-18-11(23)7-22-13(16)19-20-21-22/h4-6H,3,7H2,1H3,(H,18,23)(H2,16,19,21)/b17-6-. The molecule has 1 amide bonds. The normalized spacial score (nSPS) is 10.4. The van der Waals surface area contributed by atoms with Crippen LogP contribution in [0.3, 0.4) is 0 Å². The number of nitrogens with two attached hydrogens (primary N) is 1. The second-order valence-corrected chi connectivity index (χ2v) is 5.32. The number of hydrazone groups is 1. The molecular weight excluding hydrogens is 396 g/mol. The second kappa shape index (κ2) is 8.60. The van der Waals surface area contributed by atoms with Gasteiger partial charge in [0.1, 0.15) is 12.6 Å². The smallest absolute Gasteiger partial charge is 0.261 e. The first-order valence-electron chi connectivity index (χ1n) is 6.76. The number of hydrogen-bond donors (Lipinski definition) is 2. The van der Waals surface area contributed by atoms with Crippen LogP contribution in [0, 0.1) is 11.3 Å². The van der Waals surface area contributed by atoms with Crippen LogP contribution in [0.4, 0.5) is 5.95 Å². The van der Waals surface area contributed by atoms with Crippen LogP contribution in [-0.2, 0) is 11.3 Å². The molecule has 0 aliphatic carbocycles. The van der Waals surface area contributed by atoms with Crippen LogP contribution in [0.15, 0.2) is 21.7 Å².